The van der Waals surface area contributed by atoms with Crippen molar-refractivity contribution >= 4 is 28.5 Å². The third kappa shape index (κ3) is 4.03. The second kappa shape index (κ2) is 7.52. The number of nitrogens with zero attached hydrogens (tertiary/aromatic N) is 2. The number of aromatic nitrogens is 2. The molecular weight excluding hydrogens is 368 g/mol. The van der Waals surface area contributed by atoms with Crippen molar-refractivity contribution in [1.29, 1.82) is 0 Å². The van der Waals surface area contributed by atoms with Gasteiger partial charge in [0.1, 0.15) is 24.3 Å². The number of amides is 2. The standard InChI is InChI=1S/C19H21ClN4O3/c1-12-2-4-24(10-12)19(25)21-9-15-6-13-7-16(20)18(8-17(13)22-15)26-11-14-3-5-27-23-14/h3,5-8,12,22H,2,4,9-11H2,1H3,(H,21,25). The molecule has 7 nitrogen and oxygen atoms in total. The number of fused-ring (bicyclic) bond motifs is 1. The predicted molar refractivity (Wildman–Crippen MR) is 102 cm³/mol. The van der Waals surface area contributed by atoms with E-state index in [9.17, 15) is 4.79 Å². The summed E-state index contributed by atoms with van der Waals surface area (Å²) in [7, 11) is 0. The molecule has 4 rings (SSSR count). The summed E-state index contributed by atoms with van der Waals surface area (Å²) in [6, 6.07) is 7.40. The third-order valence-corrected chi connectivity index (χ3v) is 5.03. The Labute approximate surface area is 161 Å². The minimum atomic E-state index is -0.0207. The zero-order valence-corrected chi connectivity index (χ0v) is 15.8. The molecule has 0 aliphatic carbocycles. The summed E-state index contributed by atoms with van der Waals surface area (Å²) in [5.41, 5.74) is 2.50. The van der Waals surface area contributed by atoms with E-state index in [4.69, 9.17) is 20.9 Å². The molecule has 0 bridgehead atoms. The zero-order chi connectivity index (χ0) is 18.8. The number of carbonyl (C=O) groups excluding carboxylic acids is 1. The van der Waals surface area contributed by atoms with Gasteiger partial charge >= 0.3 is 6.03 Å². The molecule has 0 spiro atoms. The maximum atomic E-state index is 12.2. The summed E-state index contributed by atoms with van der Waals surface area (Å²) in [4.78, 5) is 17.4. The Morgan fingerprint density at radius 1 is 1.48 bits per heavy atom. The molecule has 0 saturated carbocycles. The highest BCUT2D eigenvalue weighted by Gasteiger charge is 2.22. The highest BCUT2D eigenvalue weighted by Crippen LogP contribution is 2.31. The van der Waals surface area contributed by atoms with Crippen LogP contribution >= 0.6 is 11.6 Å². The number of aromatic amines is 1. The lowest BCUT2D eigenvalue weighted by Gasteiger charge is -2.16. The number of hydrogen-bond acceptors (Lipinski definition) is 4. The first kappa shape index (κ1) is 17.7. The number of ether oxygens (including phenoxy) is 1. The molecule has 1 saturated heterocycles. The Hall–Kier alpha value is -2.67. The molecule has 142 valence electrons. The van der Waals surface area contributed by atoms with E-state index in [1.807, 2.05) is 23.1 Å². The molecule has 2 amide bonds. The second-order valence-electron chi connectivity index (χ2n) is 6.94. The summed E-state index contributed by atoms with van der Waals surface area (Å²) >= 11 is 6.32. The van der Waals surface area contributed by atoms with Gasteiger partial charge in [-0.15, -0.1) is 0 Å². The molecule has 1 atom stereocenters. The minimum Gasteiger partial charge on any atom is -0.486 e. The maximum absolute atomic E-state index is 12.2. The van der Waals surface area contributed by atoms with Gasteiger partial charge in [0.05, 0.1) is 11.6 Å². The first-order valence-electron chi connectivity index (χ1n) is 8.94. The molecule has 1 fully saturated rings. The van der Waals surface area contributed by atoms with Gasteiger partial charge < -0.3 is 24.5 Å². The van der Waals surface area contributed by atoms with Crippen LogP contribution < -0.4 is 10.1 Å². The summed E-state index contributed by atoms with van der Waals surface area (Å²) in [6.45, 7) is 4.52. The smallest absolute Gasteiger partial charge is 0.317 e. The Morgan fingerprint density at radius 2 is 2.37 bits per heavy atom. The summed E-state index contributed by atoms with van der Waals surface area (Å²) in [5.74, 6) is 1.14. The number of likely N-dealkylation sites (tertiary alicyclic amines) is 1. The van der Waals surface area contributed by atoms with Crippen LogP contribution in [0.4, 0.5) is 4.79 Å². The summed E-state index contributed by atoms with van der Waals surface area (Å²) in [5, 5.41) is 8.26. The van der Waals surface area contributed by atoms with Crippen molar-refractivity contribution in [1.82, 2.24) is 20.4 Å². The predicted octanol–water partition coefficient (Wildman–Crippen LogP) is 3.94. The van der Waals surface area contributed by atoms with Crippen LogP contribution in [0.25, 0.3) is 10.9 Å². The normalized spacial score (nSPS) is 16.8. The van der Waals surface area contributed by atoms with Crippen LogP contribution in [0.1, 0.15) is 24.7 Å². The molecule has 2 N–H and O–H groups in total. The van der Waals surface area contributed by atoms with Crippen LogP contribution in [0.5, 0.6) is 5.75 Å². The molecule has 1 aromatic carbocycles. The second-order valence-corrected chi connectivity index (χ2v) is 7.35. The van der Waals surface area contributed by atoms with Gasteiger partial charge in [-0.1, -0.05) is 23.7 Å². The van der Waals surface area contributed by atoms with Crippen LogP contribution in [0.15, 0.2) is 35.1 Å². The van der Waals surface area contributed by atoms with Crippen LogP contribution in [-0.2, 0) is 13.2 Å². The fraction of sp³-hybridized carbons (Fsp3) is 0.368. The molecule has 1 aliphatic heterocycles. The SMILES string of the molecule is CC1CCN(C(=O)NCc2cc3cc(Cl)c(OCc4ccon4)cc3[nH]2)C1. The van der Waals surface area contributed by atoms with Crippen molar-refractivity contribution in [2.45, 2.75) is 26.5 Å². The Balaban J connectivity index is 1.41. The average molecular weight is 389 g/mol. The molecule has 3 aromatic rings. The number of hydrogen-bond donors (Lipinski definition) is 2. The van der Waals surface area contributed by atoms with Crippen molar-refractivity contribution in [3.63, 3.8) is 0 Å². The highest BCUT2D eigenvalue weighted by atomic mass is 35.5. The van der Waals surface area contributed by atoms with Gasteiger partial charge in [-0.25, -0.2) is 4.79 Å². The van der Waals surface area contributed by atoms with Crippen molar-refractivity contribution in [3.05, 3.63) is 46.9 Å². The van der Waals surface area contributed by atoms with E-state index in [-0.39, 0.29) is 12.6 Å². The van der Waals surface area contributed by atoms with E-state index >= 15 is 0 Å². The Bertz CT molecular complexity index is 938. The van der Waals surface area contributed by atoms with Gasteiger partial charge in [-0.3, -0.25) is 0 Å². The number of benzene rings is 1. The van der Waals surface area contributed by atoms with Gasteiger partial charge in [-0.2, -0.15) is 0 Å². The van der Waals surface area contributed by atoms with Gasteiger partial charge in [0.25, 0.3) is 0 Å². The van der Waals surface area contributed by atoms with E-state index in [1.165, 1.54) is 6.26 Å². The molecule has 8 heteroatoms. The number of rotatable bonds is 5. The lowest BCUT2D eigenvalue weighted by atomic mass is 10.2. The number of halogens is 1. The fourth-order valence-electron chi connectivity index (χ4n) is 3.26. The van der Waals surface area contributed by atoms with Crippen molar-refractivity contribution < 1.29 is 14.1 Å². The lowest BCUT2D eigenvalue weighted by molar-refractivity contribution is 0.207. The molecule has 27 heavy (non-hydrogen) atoms. The van der Waals surface area contributed by atoms with E-state index in [1.54, 1.807) is 6.07 Å². The molecule has 0 radical (unpaired) electrons. The third-order valence-electron chi connectivity index (χ3n) is 4.74. The first-order chi connectivity index (χ1) is 13.1. The molecule has 3 heterocycles. The number of urea groups is 1. The number of carbonyl (C=O) groups is 1. The van der Waals surface area contributed by atoms with E-state index in [2.05, 4.69) is 22.4 Å². The average Bonchev–Trinajstić information content (AvgIpc) is 3.38. The first-order valence-corrected chi connectivity index (χ1v) is 9.32. The molecular formula is C19H21ClN4O3. The van der Waals surface area contributed by atoms with Gasteiger partial charge in [0.15, 0.2) is 0 Å². The highest BCUT2D eigenvalue weighted by molar-refractivity contribution is 6.32. The summed E-state index contributed by atoms with van der Waals surface area (Å²) in [6.07, 6.45) is 2.56. The van der Waals surface area contributed by atoms with E-state index < -0.39 is 0 Å². The maximum Gasteiger partial charge on any atom is 0.317 e. The number of H-pyrrole nitrogens is 1. The van der Waals surface area contributed by atoms with Crippen LogP contribution in [0.2, 0.25) is 5.02 Å². The van der Waals surface area contributed by atoms with E-state index in [0.29, 0.717) is 28.9 Å². The summed E-state index contributed by atoms with van der Waals surface area (Å²) < 4.78 is 10.5. The van der Waals surface area contributed by atoms with E-state index in [0.717, 1.165) is 36.1 Å². The molecule has 1 aliphatic rings. The van der Waals surface area contributed by atoms with Crippen LogP contribution in [-0.4, -0.2) is 34.2 Å². The van der Waals surface area contributed by atoms with Crippen LogP contribution in [0.3, 0.4) is 0 Å². The van der Waals surface area contributed by atoms with Gasteiger partial charge in [0.2, 0.25) is 0 Å². The quantitative estimate of drug-likeness (QED) is 0.693. The topological polar surface area (TPSA) is 83.4 Å². The largest absolute Gasteiger partial charge is 0.486 e. The van der Waals surface area contributed by atoms with Crippen molar-refractivity contribution in [2.75, 3.05) is 13.1 Å². The lowest BCUT2D eigenvalue weighted by Crippen LogP contribution is -2.38. The monoisotopic (exact) mass is 388 g/mol. The number of nitrogens with one attached hydrogen (secondary N) is 2. The fourth-order valence-corrected chi connectivity index (χ4v) is 3.49. The Kier molecular flexibility index (Phi) is 4.94. The van der Waals surface area contributed by atoms with Crippen molar-refractivity contribution in [3.8, 4) is 5.75 Å². The zero-order valence-electron chi connectivity index (χ0n) is 15.0. The molecule has 2 aromatic heterocycles. The molecule has 1 unspecified atom stereocenters. The Morgan fingerprint density at radius 3 is 3.11 bits per heavy atom. The van der Waals surface area contributed by atoms with Gasteiger partial charge in [0, 0.05) is 41.8 Å². The van der Waals surface area contributed by atoms with Gasteiger partial charge in [-0.05, 0) is 24.5 Å². The minimum absolute atomic E-state index is 0.0207. The van der Waals surface area contributed by atoms with Crippen LogP contribution in [0, 0.1) is 5.92 Å². The van der Waals surface area contributed by atoms with Crippen molar-refractivity contribution in [2.24, 2.45) is 5.92 Å².